The second-order valence-corrected chi connectivity index (χ2v) is 4.63. The van der Waals surface area contributed by atoms with Gasteiger partial charge in [0.05, 0.1) is 23.8 Å². The number of aromatic nitrogens is 1. The zero-order valence-electron chi connectivity index (χ0n) is 11.2. The second-order valence-electron chi connectivity index (χ2n) is 4.63. The second kappa shape index (κ2) is 5.84. The average Bonchev–Trinajstić information content (AvgIpc) is 2.41. The first kappa shape index (κ1) is 14.9. The summed E-state index contributed by atoms with van der Waals surface area (Å²) in [6.07, 6.45) is -0.215. The maximum atomic E-state index is 13.6. The number of aliphatic hydroxyl groups excluding tert-OH is 1. The minimum Gasteiger partial charge on any atom is -0.386 e. The van der Waals surface area contributed by atoms with Gasteiger partial charge in [0, 0.05) is 17.2 Å². The Hall–Kier alpha value is -2.54. The number of aryl methyl sites for hydroxylation is 1. The molecule has 6 nitrogen and oxygen atoms in total. The van der Waals surface area contributed by atoms with Gasteiger partial charge in [-0.05, 0) is 13.0 Å². The summed E-state index contributed by atoms with van der Waals surface area (Å²) in [6.45, 7) is 1.19. The molecule has 0 bridgehead atoms. The van der Waals surface area contributed by atoms with Gasteiger partial charge in [0.2, 0.25) is 0 Å². The summed E-state index contributed by atoms with van der Waals surface area (Å²) in [6, 6.07) is 6.75. The smallest absolute Gasteiger partial charge is 0.288 e. The van der Waals surface area contributed by atoms with Crippen LogP contribution in [0.15, 0.2) is 41.3 Å². The van der Waals surface area contributed by atoms with E-state index in [-0.39, 0.29) is 23.4 Å². The zero-order valence-corrected chi connectivity index (χ0v) is 11.2. The molecule has 0 saturated heterocycles. The monoisotopic (exact) mass is 292 g/mol. The van der Waals surface area contributed by atoms with E-state index in [1.54, 1.807) is 6.07 Å². The first-order valence-corrected chi connectivity index (χ1v) is 6.18. The van der Waals surface area contributed by atoms with Gasteiger partial charge >= 0.3 is 0 Å². The predicted octanol–water partition coefficient (Wildman–Crippen LogP) is 1.94. The maximum absolute atomic E-state index is 13.6. The molecule has 0 aliphatic heterocycles. The number of nitro groups is 1. The van der Waals surface area contributed by atoms with Gasteiger partial charge in [-0.2, -0.15) is 0 Å². The van der Waals surface area contributed by atoms with Gasteiger partial charge in [-0.25, -0.2) is 4.39 Å². The van der Waals surface area contributed by atoms with Gasteiger partial charge < -0.3 is 9.67 Å². The fourth-order valence-electron chi connectivity index (χ4n) is 2.02. The SMILES string of the molecule is Cc1cc(=O)n(CC(O)c2ccccc2F)cc1[N+](=O)[O-]. The molecule has 1 unspecified atom stereocenters. The lowest BCUT2D eigenvalue weighted by atomic mass is 10.1. The highest BCUT2D eigenvalue weighted by Crippen LogP contribution is 2.20. The Labute approximate surface area is 119 Å². The van der Waals surface area contributed by atoms with E-state index < -0.39 is 22.4 Å². The van der Waals surface area contributed by atoms with Crippen molar-refractivity contribution in [1.82, 2.24) is 4.57 Å². The molecule has 110 valence electrons. The van der Waals surface area contributed by atoms with E-state index in [2.05, 4.69) is 0 Å². The van der Waals surface area contributed by atoms with Crippen molar-refractivity contribution < 1.29 is 14.4 Å². The van der Waals surface area contributed by atoms with E-state index >= 15 is 0 Å². The third kappa shape index (κ3) is 3.14. The van der Waals surface area contributed by atoms with Crippen LogP contribution in [-0.4, -0.2) is 14.6 Å². The Kier molecular flexibility index (Phi) is 4.13. The van der Waals surface area contributed by atoms with Gasteiger partial charge in [-0.1, -0.05) is 18.2 Å². The fourth-order valence-corrected chi connectivity index (χ4v) is 2.02. The van der Waals surface area contributed by atoms with Crippen molar-refractivity contribution in [2.24, 2.45) is 0 Å². The number of hydrogen-bond donors (Lipinski definition) is 1. The van der Waals surface area contributed by atoms with Crippen LogP contribution in [0.5, 0.6) is 0 Å². The van der Waals surface area contributed by atoms with Crippen LogP contribution in [0.25, 0.3) is 0 Å². The van der Waals surface area contributed by atoms with Crippen molar-refractivity contribution in [2.75, 3.05) is 0 Å². The minimum absolute atomic E-state index is 0.0348. The maximum Gasteiger partial charge on any atom is 0.288 e. The number of rotatable bonds is 4. The van der Waals surface area contributed by atoms with Crippen molar-refractivity contribution in [2.45, 2.75) is 19.6 Å². The predicted molar refractivity (Wildman–Crippen MR) is 73.5 cm³/mol. The Balaban J connectivity index is 2.36. The van der Waals surface area contributed by atoms with Gasteiger partial charge in [0.25, 0.3) is 11.2 Å². The van der Waals surface area contributed by atoms with Gasteiger partial charge in [0.1, 0.15) is 5.82 Å². The molecular formula is C14H13FN2O4. The molecule has 1 aromatic carbocycles. The first-order chi connectivity index (χ1) is 9.90. The van der Waals surface area contributed by atoms with Crippen LogP contribution >= 0.6 is 0 Å². The molecule has 0 fully saturated rings. The molecule has 0 spiro atoms. The van der Waals surface area contributed by atoms with E-state index in [1.165, 1.54) is 25.1 Å². The van der Waals surface area contributed by atoms with E-state index in [9.17, 15) is 24.4 Å². The number of benzene rings is 1. The summed E-state index contributed by atoms with van der Waals surface area (Å²) < 4.78 is 14.6. The van der Waals surface area contributed by atoms with Crippen molar-refractivity contribution in [1.29, 1.82) is 0 Å². The van der Waals surface area contributed by atoms with Gasteiger partial charge in [-0.3, -0.25) is 14.9 Å². The molecule has 0 aliphatic rings. The summed E-state index contributed by atoms with van der Waals surface area (Å²) in [5, 5.41) is 20.9. The molecule has 1 atom stereocenters. The molecule has 2 aromatic rings. The van der Waals surface area contributed by atoms with Crippen LogP contribution in [-0.2, 0) is 6.54 Å². The molecule has 1 aromatic heterocycles. The molecule has 0 radical (unpaired) electrons. The molecular weight excluding hydrogens is 279 g/mol. The Morgan fingerprint density at radius 2 is 2.10 bits per heavy atom. The lowest BCUT2D eigenvalue weighted by Gasteiger charge is -2.14. The number of hydrogen-bond acceptors (Lipinski definition) is 4. The lowest BCUT2D eigenvalue weighted by Crippen LogP contribution is -2.23. The van der Waals surface area contributed by atoms with Crippen molar-refractivity contribution in [3.05, 3.63) is 73.9 Å². The fraction of sp³-hybridized carbons (Fsp3) is 0.214. The van der Waals surface area contributed by atoms with Crippen LogP contribution in [0.2, 0.25) is 0 Å². The third-order valence-electron chi connectivity index (χ3n) is 3.14. The molecule has 21 heavy (non-hydrogen) atoms. The highest BCUT2D eigenvalue weighted by molar-refractivity contribution is 5.36. The zero-order chi connectivity index (χ0) is 15.6. The number of halogens is 1. The molecule has 0 aliphatic carbocycles. The largest absolute Gasteiger partial charge is 0.386 e. The molecule has 2 rings (SSSR count). The first-order valence-electron chi connectivity index (χ1n) is 6.18. The molecule has 0 amide bonds. The van der Waals surface area contributed by atoms with Crippen LogP contribution in [0.3, 0.4) is 0 Å². The van der Waals surface area contributed by atoms with Crippen molar-refractivity contribution in [3.8, 4) is 0 Å². The molecule has 1 N–H and O–H groups in total. The average molecular weight is 292 g/mol. The molecule has 1 heterocycles. The summed E-state index contributed by atoms with van der Waals surface area (Å²) in [7, 11) is 0. The summed E-state index contributed by atoms with van der Waals surface area (Å²) in [4.78, 5) is 22.1. The van der Waals surface area contributed by atoms with Crippen LogP contribution in [0.4, 0.5) is 10.1 Å². The Morgan fingerprint density at radius 3 is 2.71 bits per heavy atom. The van der Waals surface area contributed by atoms with Crippen molar-refractivity contribution >= 4 is 5.69 Å². The highest BCUT2D eigenvalue weighted by atomic mass is 19.1. The Morgan fingerprint density at radius 1 is 1.43 bits per heavy atom. The summed E-state index contributed by atoms with van der Waals surface area (Å²) in [5.74, 6) is -0.598. The molecule has 0 saturated carbocycles. The standard InChI is InChI=1S/C14H13FN2O4/c1-9-6-14(19)16(7-12(9)17(20)21)8-13(18)10-4-2-3-5-11(10)15/h2-7,13,18H,8H2,1H3. The number of nitrogens with zero attached hydrogens (tertiary/aromatic N) is 2. The van der Waals surface area contributed by atoms with E-state index in [0.29, 0.717) is 0 Å². The molecule has 7 heteroatoms. The van der Waals surface area contributed by atoms with E-state index in [1.807, 2.05) is 0 Å². The lowest BCUT2D eigenvalue weighted by molar-refractivity contribution is -0.386. The van der Waals surface area contributed by atoms with Gasteiger partial charge in [0.15, 0.2) is 0 Å². The third-order valence-corrected chi connectivity index (χ3v) is 3.14. The van der Waals surface area contributed by atoms with Crippen LogP contribution in [0.1, 0.15) is 17.2 Å². The summed E-state index contributed by atoms with van der Waals surface area (Å²) >= 11 is 0. The number of aliphatic hydroxyl groups is 1. The minimum atomic E-state index is -1.27. The van der Waals surface area contributed by atoms with Crippen LogP contribution in [0, 0.1) is 22.9 Å². The quantitative estimate of drug-likeness (QED) is 0.689. The summed E-state index contributed by atoms with van der Waals surface area (Å²) in [5.41, 5.74) is -0.446. The number of pyridine rings is 1. The van der Waals surface area contributed by atoms with E-state index in [0.717, 1.165) is 16.8 Å². The normalized spacial score (nSPS) is 12.1. The van der Waals surface area contributed by atoms with E-state index in [4.69, 9.17) is 0 Å². The van der Waals surface area contributed by atoms with Crippen LogP contribution < -0.4 is 5.56 Å². The van der Waals surface area contributed by atoms with Gasteiger partial charge in [-0.15, -0.1) is 0 Å². The highest BCUT2D eigenvalue weighted by Gasteiger charge is 2.17. The van der Waals surface area contributed by atoms with Crippen molar-refractivity contribution in [3.63, 3.8) is 0 Å². The topological polar surface area (TPSA) is 85.4 Å². The Bertz CT molecular complexity index is 742.